The van der Waals surface area contributed by atoms with Crippen LogP contribution in [0.25, 0.3) is 0 Å². The van der Waals surface area contributed by atoms with Crippen LogP contribution < -0.4 is 9.47 Å². The van der Waals surface area contributed by atoms with Crippen LogP contribution in [0, 0.1) is 13.8 Å². The van der Waals surface area contributed by atoms with Crippen molar-refractivity contribution in [2.75, 3.05) is 13.2 Å². The van der Waals surface area contributed by atoms with Gasteiger partial charge >= 0.3 is 0 Å². The fourth-order valence-corrected chi connectivity index (χ4v) is 2.29. The second kappa shape index (κ2) is 7.82. The fourth-order valence-electron chi connectivity index (χ4n) is 2.29. The summed E-state index contributed by atoms with van der Waals surface area (Å²) in [5.41, 5.74) is 3.53. The average molecular weight is 302 g/mol. The van der Waals surface area contributed by atoms with Gasteiger partial charge in [0.1, 0.15) is 24.7 Å². The van der Waals surface area contributed by atoms with Crippen molar-refractivity contribution in [3.05, 3.63) is 58.7 Å². The molecule has 0 heterocycles. The van der Waals surface area contributed by atoms with E-state index in [4.69, 9.17) is 9.47 Å². The summed E-state index contributed by atoms with van der Waals surface area (Å²) in [7, 11) is 0. The molecule has 0 unspecified atom stereocenters. The topological polar surface area (TPSA) is 58.9 Å². The SMILES string of the molecule is Cc1ccc(OCCOc2c(CO)cc(C)cc2CO)cc1. The first kappa shape index (κ1) is 16.3. The van der Waals surface area contributed by atoms with E-state index in [2.05, 4.69) is 0 Å². The third-order valence-corrected chi connectivity index (χ3v) is 3.35. The summed E-state index contributed by atoms with van der Waals surface area (Å²) in [5, 5.41) is 18.9. The second-order valence-electron chi connectivity index (χ2n) is 5.24. The van der Waals surface area contributed by atoms with Gasteiger partial charge in [0.15, 0.2) is 0 Å². The molecule has 2 rings (SSSR count). The van der Waals surface area contributed by atoms with E-state index in [-0.39, 0.29) is 13.2 Å². The van der Waals surface area contributed by atoms with Gasteiger partial charge in [-0.1, -0.05) is 35.4 Å². The zero-order chi connectivity index (χ0) is 15.9. The number of hydrogen-bond acceptors (Lipinski definition) is 4. The van der Waals surface area contributed by atoms with Gasteiger partial charge in [-0.2, -0.15) is 0 Å². The van der Waals surface area contributed by atoms with Crippen molar-refractivity contribution in [3.63, 3.8) is 0 Å². The highest BCUT2D eigenvalue weighted by atomic mass is 16.5. The van der Waals surface area contributed by atoms with E-state index in [1.54, 1.807) is 0 Å². The normalized spacial score (nSPS) is 10.5. The summed E-state index contributed by atoms with van der Waals surface area (Å²) in [6.07, 6.45) is 0. The lowest BCUT2D eigenvalue weighted by atomic mass is 10.1. The van der Waals surface area contributed by atoms with Crippen molar-refractivity contribution < 1.29 is 19.7 Å². The Balaban J connectivity index is 1.95. The smallest absolute Gasteiger partial charge is 0.130 e. The van der Waals surface area contributed by atoms with Gasteiger partial charge in [-0.25, -0.2) is 0 Å². The van der Waals surface area contributed by atoms with Gasteiger partial charge < -0.3 is 19.7 Å². The van der Waals surface area contributed by atoms with Crippen molar-refractivity contribution in [1.82, 2.24) is 0 Å². The first-order chi connectivity index (χ1) is 10.6. The highest BCUT2D eigenvalue weighted by molar-refractivity contribution is 5.44. The van der Waals surface area contributed by atoms with Crippen LogP contribution in [0.4, 0.5) is 0 Å². The molecule has 0 amide bonds. The van der Waals surface area contributed by atoms with Crippen molar-refractivity contribution in [3.8, 4) is 11.5 Å². The molecule has 0 aliphatic carbocycles. The highest BCUT2D eigenvalue weighted by Crippen LogP contribution is 2.26. The van der Waals surface area contributed by atoms with Crippen LogP contribution in [0.2, 0.25) is 0 Å². The Morgan fingerprint density at radius 3 is 1.86 bits per heavy atom. The van der Waals surface area contributed by atoms with Gasteiger partial charge in [-0.3, -0.25) is 0 Å². The molecule has 0 aliphatic heterocycles. The van der Waals surface area contributed by atoms with E-state index in [0.29, 0.717) is 30.1 Å². The Morgan fingerprint density at radius 1 is 0.773 bits per heavy atom. The summed E-state index contributed by atoms with van der Waals surface area (Å²) in [6, 6.07) is 11.5. The second-order valence-corrected chi connectivity index (χ2v) is 5.24. The lowest BCUT2D eigenvalue weighted by Crippen LogP contribution is -2.11. The van der Waals surface area contributed by atoms with Crippen LogP contribution in [-0.2, 0) is 13.2 Å². The Morgan fingerprint density at radius 2 is 1.32 bits per heavy atom. The van der Waals surface area contributed by atoms with E-state index in [1.165, 1.54) is 5.56 Å². The van der Waals surface area contributed by atoms with Crippen molar-refractivity contribution >= 4 is 0 Å². The average Bonchev–Trinajstić information content (AvgIpc) is 2.53. The standard InChI is InChI=1S/C18H22O4/c1-13-3-5-17(6-4-13)21-7-8-22-18-15(11-19)9-14(2)10-16(18)12-20/h3-6,9-10,19-20H,7-8,11-12H2,1-2H3. The number of aryl methyl sites for hydroxylation is 2. The number of aliphatic hydroxyl groups excluding tert-OH is 2. The monoisotopic (exact) mass is 302 g/mol. The molecule has 0 fully saturated rings. The van der Waals surface area contributed by atoms with Gasteiger partial charge in [0.25, 0.3) is 0 Å². The van der Waals surface area contributed by atoms with E-state index in [1.807, 2.05) is 50.2 Å². The minimum absolute atomic E-state index is 0.122. The van der Waals surface area contributed by atoms with E-state index >= 15 is 0 Å². The summed E-state index contributed by atoms with van der Waals surface area (Å²) >= 11 is 0. The van der Waals surface area contributed by atoms with Crippen molar-refractivity contribution in [2.45, 2.75) is 27.1 Å². The molecule has 0 atom stereocenters. The fraction of sp³-hybridized carbons (Fsp3) is 0.333. The van der Waals surface area contributed by atoms with Gasteiger partial charge in [-0.05, 0) is 26.0 Å². The predicted molar refractivity (Wildman–Crippen MR) is 85.2 cm³/mol. The highest BCUT2D eigenvalue weighted by Gasteiger charge is 2.10. The molecule has 118 valence electrons. The molecule has 2 aromatic rings. The Kier molecular flexibility index (Phi) is 5.81. The van der Waals surface area contributed by atoms with Gasteiger partial charge in [-0.15, -0.1) is 0 Å². The molecule has 4 heteroatoms. The van der Waals surface area contributed by atoms with Crippen molar-refractivity contribution in [1.29, 1.82) is 0 Å². The van der Waals surface area contributed by atoms with Crippen molar-refractivity contribution in [2.24, 2.45) is 0 Å². The van der Waals surface area contributed by atoms with Crippen LogP contribution in [0.3, 0.4) is 0 Å². The number of benzene rings is 2. The number of ether oxygens (including phenoxy) is 2. The molecular weight excluding hydrogens is 280 g/mol. The third-order valence-electron chi connectivity index (χ3n) is 3.35. The lowest BCUT2D eigenvalue weighted by molar-refractivity contribution is 0.202. The molecule has 0 aromatic heterocycles. The predicted octanol–water partition coefficient (Wildman–Crippen LogP) is 2.75. The molecule has 0 saturated heterocycles. The zero-order valence-electron chi connectivity index (χ0n) is 13.0. The molecule has 0 spiro atoms. The molecule has 4 nitrogen and oxygen atoms in total. The number of hydrogen-bond donors (Lipinski definition) is 2. The Labute approximate surface area is 130 Å². The summed E-state index contributed by atoms with van der Waals surface area (Å²) in [5.74, 6) is 1.34. The maximum Gasteiger partial charge on any atom is 0.130 e. The van der Waals surface area contributed by atoms with E-state index in [9.17, 15) is 10.2 Å². The van der Waals surface area contributed by atoms with Crippen LogP contribution in [0.5, 0.6) is 11.5 Å². The Bertz CT molecular complexity index is 580. The summed E-state index contributed by atoms with van der Waals surface area (Å²) < 4.78 is 11.3. The zero-order valence-corrected chi connectivity index (χ0v) is 13.0. The molecule has 2 aromatic carbocycles. The summed E-state index contributed by atoms with van der Waals surface area (Å²) in [6.45, 7) is 4.44. The lowest BCUT2D eigenvalue weighted by Gasteiger charge is -2.15. The molecule has 0 bridgehead atoms. The van der Waals surface area contributed by atoms with Gasteiger partial charge in [0.2, 0.25) is 0 Å². The van der Waals surface area contributed by atoms with Crippen LogP contribution in [0.15, 0.2) is 36.4 Å². The summed E-state index contributed by atoms with van der Waals surface area (Å²) in [4.78, 5) is 0. The number of aliphatic hydroxyl groups is 2. The molecule has 0 saturated carbocycles. The van der Waals surface area contributed by atoms with Gasteiger partial charge in [0.05, 0.1) is 13.2 Å². The first-order valence-corrected chi connectivity index (χ1v) is 7.30. The largest absolute Gasteiger partial charge is 0.490 e. The Hall–Kier alpha value is -2.04. The maximum absolute atomic E-state index is 9.43. The first-order valence-electron chi connectivity index (χ1n) is 7.30. The minimum atomic E-state index is -0.122. The van der Waals surface area contributed by atoms with E-state index in [0.717, 1.165) is 11.3 Å². The third kappa shape index (κ3) is 4.23. The van der Waals surface area contributed by atoms with Crippen LogP contribution in [0.1, 0.15) is 22.3 Å². The molecule has 0 aliphatic rings. The van der Waals surface area contributed by atoms with E-state index < -0.39 is 0 Å². The quantitative estimate of drug-likeness (QED) is 0.772. The molecular formula is C18H22O4. The van der Waals surface area contributed by atoms with Crippen LogP contribution in [-0.4, -0.2) is 23.4 Å². The molecule has 0 radical (unpaired) electrons. The number of rotatable bonds is 7. The van der Waals surface area contributed by atoms with Gasteiger partial charge in [0, 0.05) is 11.1 Å². The maximum atomic E-state index is 9.43. The minimum Gasteiger partial charge on any atom is -0.490 e. The molecule has 22 heavy (non-hydrogen) atoms. The molecule has 2 N–H and O–H groups in total. The van der Waals surface area contributed by atoms with Crippen LogP contribution >= 0.6 is 0 Å².